The number of carbonyl (C=O) groups is 1. The molecule has 0 aliphatic rings. The lowest BCUT2D eigenvalue weighted by Gasteiger charge is -2.12. The lowest BCUT2D eigenvalue weighted by molar-refractivity contribution is 0.101. The lowest BCUT2D eigenvalue weighted by atomic mass is 10.1. The normalized spacial score (nSPS) is 11.1. The van der Waals surface area contributed by atoms with Crippen LogP contribution < -0.4 is 4.74 Å². The Morgan fingerprint density at radius 3 is 2.70 bits per heavy atom. The largest absolute Gasteiger partial charge is 0.486 e. The predicted octanol–water partition coefficient (Wildman–Crippen LogP) is 4.21. The molecular formula is C20H24N4O2S. The van der Waals surface area contributed by atoms with Gasteiger partial charge in [0, 0.05) is 12.7 Å². The Balaban J connectivity index is 1.68. The molecule has 1 aromatic carbocycles. The first-order chi connectivity index (χ1) is 13.1. The molecule has 27 heavy (non-hydrogen) atoms. The van der Waals surface area contributed by atoms with Gasteiger partial charge in [0.15, 0.2) is 16.8 Å². The number of carbonyl (C=O) groups excluding carboxylic acids is 1. The van der Waals surface area contributed by atoms with Crippen LogP contribution in [0.4, 0.5) is 0 Å². The maximum absolute atomic E-state index is 12.2. The second-order valence-electron chi connectivity index (χ2n) is 6.63. The topological polar surface area (TPSA) is 72.8 Å². The van der Waals surface area contributed by atoms with Gasteiger partial charge in [-0.3, -0.25) is 4.79 Å². The average molecular weight is 385 g/mol. The third kappa shape index (κ3) is 5.47. The number of nitrogens with zero attached hydrogens (tertiary/aromatic N) is 3. The molecule has 1 N–H and O–H groups in total. The van der Waals surface area contributed by atoms with Crippen molar-refractivity contribution in [3.05, 3.63) is 60.2 Å². The number of aromatic nitrogens is 4. The zero-order valence-corrected chi connectivity index (χ0v) is 16.4. The molecule has 0 atom stereocenters. The molecule has 2 heterocycles. The van der Waals surface area contributed by atoms with E-state index in [4.69, 9.17) is 4.74 Å². The van der Waals surface area contributed by atoms with Crippen molar-refractivity contribution in [2.45, 2.75) is 38.6 Å². The highest BCUT2D eigenvalue weighted by atomic mass is 32.2. The van der Waals surface area contributed by atoms with Crippen LogP contribution in [0.5, 0.6) is 5.75 Å². The molecule has 142 valence electrons. The molecule has 3 rings (SSSR count). The molecule has 0 bridgehead atoms. The molecule has 0 radical (unpaired) electrons. The summed E-state index contributed by atoms with van der Waals surface area (Å²) >= 11 is 1.41. The molecule has 7 heteroatoms. The number of Topliss-reactive ketones (excluding diaryl/α,β-unsaturated/α-hetero) is 1. The molecule has 0 aliphatic heterocycles. The number of para-hydroxylation sites is 1. The Morgan fingerprint density at radius 1 is 1.19 bits per heavy atom. The molecule has 6 nitrogen and oxygen atoms in total. The van der Waals surface area contributed by atoms with Crippen molar-refractivity contribution in [3.8, 4) is 5.75 Å². The Hall–Kier alpha value is -2.54. The van der Waals surface area contributed by atoms with Gasteiger partial charge in [0.05, 0.1) is 11.4 Å². The first kappa shape index (κ1) is 19.2. The maximum atomic E-state index is 12.2. The van der Waals surface area contributed by atoms with Crippen molar-refractivity contribution < 1.29 is 9.53 Å². The summed E-state index contributed by atoms with van der Waals surface area (Å²) in [7, 11) is 0. The highest BCUT2D eigenvalue weighted by Crippen LogP contribution is 2.21. The summed E-state index contributed by atoms with van der Waals surface area (Å²) in [4.78, 5) is 15.2. The van der Waals surface area contributed by atoms with Gasteiger partial charge < -0.3 is 14.3 Å². The molecule has 0 amide bonds. The van der Waals surface area contributed by atoms with Crippen molar-refractivity contribution in [3.63, 3.8) is 0 Å². The standard InChI is InChI=1S/C20H24N4O2S/c1-15(2)10-12-24-19(13-26-16-7-4-3-5-8-16)22-23-20(24)27-14-18(25)17-9-6-11-21-17/h3-9,11,15,21H,10,12-14H2,1-2H3. The van der Waals surface area contributed by atoms with Crippen LogP contribution in [0.25, 0.3) is 0 Å². The van der Waals surface area contributed by atoms with Crippen LogP contribution in [0.15, 0.2) is 53.8 Å². The van der Waals surface area contributed by atoms with Gasteiger partial charge in [-0.05, 0) is 36.6 Å². The van der Waals surface area contributed by atoms with Gasteiger partial charge in [-0.1, -0.05) is 43.8 Å². The number of nitrogens with one attached hydrogen (secondary N) is 1. The quantitative estimate of drug-likeness (QED) is 0.419. The second-order valence-corrected chi connectivity index (χ2v) is 7.57. The monoisotopic (exact) mass is 384 g/mol. The van der Waals surface area contributed by atoms with Crippen LogP contribution in [0.1, 0.15) is 36.6 Å². The Morgan fingerprint density at radius 2 is 2.00 bits per heavy atom. The molecule has 0 unspecified atom stereocenters. The molecule has 2 aromatic heterocycles. The van der Waals surface area contributed by atoms with Gasteiger partial charge in [0.1, 0.15) is 12.4 Å². The van der Waals surface area contributed by atoms with Gasteiger partial charge in [-0.25, -0.2) is 0 Å². The Bertz CT molecular complexity index is 844. The molecule has 0 fully saturated rings. The SMILES string of the molecule is CC(C)CCn1c(COc2ccccc2)nnc1SCC(=O)c1ccc[nH]1. The van der Waals surface area contributed by atoms with Crippen molar-refractivity contribution in [2.75, 3.05) is 5.75 Å². The van der Waals surface area contributed by atoms with Gasteiger partial charge in [-0.15, -0.1) is 10.2 Å². The Kier molecular flexibility index (Phi) is 6.70. The maximum Gasteiger partial charge on any atom is 0.191 e. The number of hydrogen-bond acceptors (Lipinski definition) is 5. The van der Waals surface area contributed by atoms with Crippen LogP contribution in [-0.2, 0) is 13.2 Å². The van der Waals surface area contributed by atoms with E-state index in [0.29, 0.717) is 24.0 Å². The zero-order chi connectivity index (χ0) is 19.1. The first-order valence-corrected chi connectivity index (χ1v) is 10.0. The summed E-state index contributed by atoms with van der Waals surface area (Å²) in [5.41, 5.74) is 0.614. The molecule has 0 spiro atoms. The van der Waals surface area contributed by atoms with E-state index >= 15 is 0 Å². The van der Waals surface area contributed by atoms with Crippen LogP contribution in [0, 0.1) is 5.92 Å². The fourth-order valence-electron chi connectivity index (χ4n) is 2.52. The number of ether oxygens (including phenoxy) is 1. The third-order valence-electron chi connectivity index (χ3n) is 4.07. The van der Waals surface area contributed by atoms with Crippen molar-refractivity contribution in [2.24, 2.45) is 5.92 Å². The summed E-state index contributed by atoms with van der Waals surface area (Å²) in [6.07, 6.45) is 2.76. The molecule has 0 aliphatic carbocycles. The molecule has 0 saturated carbocycles. The van der Waals surface area contributed by atoms with Gasteiger partial charge in [0.2, 0.25) is 0 Å². The smallest absolute Gasteiger partial charge is 0.191 e. The van der Waals surface area contributed by atoms with E-state index in [1.54, 1.807) is 12.3 Å². The van der Waals surface area contributed by atoms with Crippen LogP contribution in [0.2, 0.25) is 0 Å². The van der Waals surface area contributed by atoms with Crippen LogP contribution in [-0.4, -0.2) is 31.3 Å². The minimum atomic E-state index is 0.0468. The van der Waals surface area contributed by atoms with E-state index < -0.39 is 0 Å². The first-order valence-electron chi connectivity index (χ1n) is 9.03. The molecule has 3 aromatic rings. The van der Waals surface area contributed by atoms with Crippen molar-refractivity contribution in [1.29, 1.82) is 0 Å². The minimum absolute atomic E-state index is 0.0468. The highest BCUT2D eigenvalue weighted by Gasteiger charge is 2.16. The number of thioether (sulfide) groups is 1. The number of hydrogen-bond donors (Lipinski definition) is 1. The molecular weight excluding hydrogens is 360 g/mol. The summed E-state index contributed by atoms with van der Waals surface area (Å²) in [5, 5.41) is 9.34. The van der Waals surface area contributed by atoms with Gasteiger partial charge in [-0.2, -0.15) is 0 Å². The van der Waals surface area contributed by atoms with E-state index in [0.717, 1.165) is 29.7 Å². The van der Waals surface area contributed by atoms with E-state index in [2.05, 4.69) is 33.6 Å². The van der Waals surface area contributed by atoms with E-state index in [1.165, 1.54) is 11.8 Å². The average Bonchev–Trinajstić information content (AvgIpc) is 3.33. The van der Waals surface area contributed by atoms with Crippen LogP contribution in [0.3, 0.4) is 0 Å². The minimum Gasteiger partial charge on any atom is -0.486 e. The van der Waals surface area contributed by atoms with Crippen molar-refractivity contribution >= 4 is 17.5 Å². The Labute approximate surface area is 163 Å². The zero-order valence-electron chi connectivity index (χ0n) is 15.6. The van der Waals surface area contributed by atoms with E-state index in [-0.39, 0.29) is 5.78 Å². The summed E-state index contributed by atoms with van der Waals surface area (Å²) in [6.45, 7) is 5.52. The lowest BCUT2D eigenvalue weighted by Crippen LogP contribution is -2.11. The summed E-state index contributed by atoms with van der Waals surface area (Å²) < 4.78 is 7.90. The second kappa shape index (κ2) is 9.41. The fraction of sp³-hybridized carbons (Fsp3) is 0.350. The van der Waals surface area contributed by atoms with Gasteiger partial charge >= 0.3 is 0 Å². The number of rotatable bonds is 10. The van der Waals surface area contributed by atoms with E-state index in [1.807, 2.05) is 36.4 Å². The van der Waals surface area contributed by atoms with Crippen LogP contribution >= 0.6 is 11.8 Å². The summed E-state index contributed by atoms with van der Waals surface area (Å²) in [6, 6.07) is 13.3. The number of H-pyrrole nitrogens is 1. The van der Waals surface area contributed by atoms with E-state index in [9.17, 15) is 4.79 Å². The predicted molar refractivity (Wildman–Crippen MR) is 106 cm³/mol. The molecule has 0 saturated heterocycles. The fourth-order valence-corrected chi connectivity index (χ4v) is 3.39. The van der Waals surface area contributed by atoms with Crippen molar-refractivity contribution in [1.82, 2.24) is 19.7 Å². The number of benzene rings is 1. The number of aromatic amines is 1. The summed E-state index contributed by atoms with van der Waals surface area (Å²) in [5.74, 6) is 2.50. The van der Waals surface area contributed by atoms with Gasteiger partial charge in [0.25, 0.3) is 0 Å². The third-order valence-corrected chi connectivity index (χ3v) is 5.03. The number of ketones is 1. The highest BCUT2D eigenvalue weighted by molar-refractivity contribution is 7.99.